The zero-order chi connectivity index (χ0) is 13.3. The molecule has 0 aliphatic carbocycles. The van der Waals surface area contributed by atoms with E-state index in [0.717, 1.165) is 0 Å². The van der Waals surface area contributed by atoms with Crippen LogP contribution in [0.4, 0.5) is 0 Å². The largest absolute Gasteiger partial charge is 0.486 e. The van der Waals surface area contributed by atoms with E-state index in [1.54, 1.807) is 0 Å². The number of carbonyl (C=O) groups excluding carboxylic acids is 1. The van der Waals surface area contributed by atoms with E-state index in [9.17, 15) is 14.7 Å². The number of hydrogen-bond donors (Lipinski definition) is 2. The van der Waals surface area contributed by atoms with Gasteiger partial charge in [0.2, 0.25) is 0 Å². The Labute approximate surface area is 110 Å². The van der Waals surface area contributed by atoms with E-state index in [4.69, 9.17) is 14.6 Å². The second-order valence-electron chi connectivity index (χ2n) is 3.58. The Morgan fingerprint density at radius 1 is 1.39 bits per heavy atom. The zero-order valence-electron chi connectivity index (χ0n) is 9.05. The van der Waals surface area contributed by atoms with Crippen LogP contribution >= 0.6 is 15.9 Å². The van der Waals surface area contributed by atoms with E-state index in [-0.39, 0.29) is 40.3 Å². The van der Waals surface area contributed by atoms with Crippen LogP contribution in [0.1, 0.15) is 22.0 Å². The minimum absolute atomic E-state index is 0.0443. The molecule has 0 aromatic heterocycles. The van der Waals surface area contributed by atoms with Gasteiger partial charge in [0.1, 0.15) is 13.2 Å². The number of carbonyl (C=O) groups is 2. The second kappa shape index (κ2) is 4.95. The molecule has 0 bridgehead atoms. The van der Waals surface area contributed by atoms with E-state index in [1.165, 1.54) is 6.07 Å². The Balaban J connectivity index is 2.66. The van der Waals surface area contributed by atoms with E-state index in [1.807, 2.05) is 0 Å². The molecule has 0 fully saturated rings. The Morgan fingerprint density at radius 3 is 2.56 bits per heavy atom. The van der Waals surface area contributed by atoms with Gasteiger partial charge in [0.15, 0.2) is 23.9 Å². The fourth-order valence-electron chi connectivity index (χ4n) is 1.69. The Bertz CT molecular complexity index is 513. The molecule has 96 valence electrons. The van der Waals surface area contributed by atoms with E-state index < -0.39 is 12.1 Å². The molecule has 2 rings (SSSR count). The number of aldehydes is 1. The highest BCUT2D eigenvalue weighted by molar-refractivity contribution is 9.10. The molecule has 0 radical (unpaired) electrons. The molecule has 1 aliphatic heterocycles. The number of aliphatic carboxylic acids is 1. The lowest BCUT2D eigenvalue weighted by Crippen LogP contribution is -2.21. The molecule has 1 unspecified atom stereocenters. The van der Waals surface area contributed by atoms with Gasteiger partial charge in [0, 0.05) is 4.47 Å². The highest BCUT2D eigenvalue weighted by atomic mass is 79.9. The summed E-state index contributed by atoms with van der Waals surface area (Å²) in [6, 6.07) is 1.39. The highest BCUT2D eigenvalue weighted by Crippen LogP contribution is 2.43. The molecule has 1 heterocycles. The lowest BCUT2D eigenvalue weighted by molar-refractivity contribution is -0.147. The van der Waals surface area contributed by atoms with Gasteiger partial charge in [-0.1, -0.05) is 15.9 Å². The number of rotatable bonds is 3. The molecule has 1 aliphatic rings. The van der Waals surface area contributed by atoms with Crippen LogP contribution < -0.4 is 9.47 Å². The average molecular weight is 317 g/mol. The average Bonchev–Trinajstić information content (AvgIpc) is 2.37. The van der Waals surface area contributed by atoms with E-state index in [2.05, 4.69) is 15.9 Å². The molecule has 6 nitrogen and oxygen atoms in total. The van der Waals surface area contributed by atoms with Crippen molar-refractivity contribution in [1.82, 2.24) is 0 Å². The fraction of sp³-hybridized carbons (Fsp3) is 0.273. The molecular formula is C11H9BrO6. The number of benzene rings is 1. The number of ether oxygens (including phenoxy) is 2. The summed E-state index contributed by atoms with van der Waals surface area (Å²) >= 11 is 3.12. The maximum atomic E-state index is 10.9. The van der Waals surface area contributed by atoms with Crippen molar-refractivity contribution < 1.29 is 29.3 Å². The van der Waals surface area contributed by atoms with Crippen LogP contribution in [0.3, 0.4) is 0 Å². The summed E-state index contributed by atoms with van der Waals surface area (Å²) < 4.78 is 10.9. The van der Waals surface area contributed by atoms with Crippen LogP contribution in [0.2, 0.25) is 0 Å². The smallest absolute Gasteiger partial charge is 0.337 e. The first-order chi connectivity index (χ1) is 8.56. The molecule has 0 saturated heterocycles. The van der Waals surface area contributed by atoms with Crippen molar-refractivity contribution in [2.75, 3.05) is 13.2 Å². The summed E-state index contributed by atoms with van der Waals surface area (Å²) in [5, 5.41) is 18.5. The molecular weight excluding hydrogens is 308 g/mol. The molecule has 0 saturated carbocycles. The highest BCUT2D eigenvalue weighted by Gasteiger charge is 2.30. The summed E-state index contributed by atoms with van der Waals surface area (Å²) in [4.78, 5) is 21.8. The van der Waals surface area contributed by atoms with Crippen LogP contribution in [0.15, 0.2) is 10.5 Å². The van der Waals surface area contributed by atoms with Gasteiger partial charge in [0.05, 0.1) is 11.1 Å². The lowest BCUT2D eigenvalue weighted by Gasteiger charge is -2.24. The Kier molecular flexibility index (Phi) is 3.53. The van der Waals surface area contributed by atoms with Gasteiger partial charge < -0.3 is 19.7 Å². The molecule has 1 atom stereocenters. The summed E-state index contributed by atoms with van der Waals surface area (Å²) in [6.45, 7) is 0.485. The predicted octanol–water partition coefficient (Wildman–Crippen LogP) is 1.15. The number of hydrogen-bond acceptors (Lipinski definition) is 5. The van der Waals surface area contributed by atoms with Crippen molar-refractivity contribution in [2.45, 2.75) is 6.10 Å². The van der Waals surface area contributed by atoms with Gasteiger partial charge >= 0.3 is 5.97 Å². The third kappa shape index (κ3) is 2.06. The van der Waals surface area contributed by atoms with Gasteiger partial charge in [-0.15, -0.1) is 0 Å². The molecule has 2 N–H and O–H groups in total. The molecule has 7 heteroatoms. The minimum atomic E-state index is -1.75. The first-order valence-corrected chi connectivity index (χ1v) is 5.83. The maximum absolute atomic E-state index is 10.9. The maximum Gasteiger partial charge on any atom is 0.337 e. The van der Waals surface area contributed by atoms with Crippen LogP contribution in [0.5, 0.6) is 11.5 Å². The zero-order valence-corrected chi connectivity index (χ0v) is 10.6. The van der Waals surface area contributed by atoms with Crippen LogP contribution in [-0.2, 0) is 4.79 Å². The lowest BCUT2D eigenvalue weighted by atomic mass is 10.0. The van der Waals surface area contributed by atoms with E-state index in [0.29, 0.717) is 6.29 Å². The summed E-state index contributed by atoms with van der Waals surface area (Å²) in [7, 11) is 0. The van der Waals surface area contributed by atoms with Gasteiger partial charge in [-0.2, -0.15) is 0 Å². The molecule has 0 amide bonds. The number of fused-ring (bicyclic) bond motifs is 1. The van der Waals surface area contributed by atoms with Crippen molar-refractivity contribution in [3.05, 3.63) is 21.7 Å². The third-order valence-corrected chi connectivity index (χ3v) is 3.12. The first-order valence-electron chi connectivity index (χ1n) is 5.04. The van der Waals surface area contributed by atoms with Crippen LogP contribution in [-0.4, -0.2) is 35.7 Å². The van der Waals surface area contributed by atoms with Gasteiger partial charge in [0.25, 0.3) is 0 Å². The van der Waals surface area contributed by atoms with Crippen molar-refractivity contribution >= 4 is 28.2 Å². The van der Waals surface area contributed by atoms with Gasteiger partial charge in [-0.3, -0.25) is 4.79 Å². The molecule has 1 aromatic rings. The first kappa shape index (κ1) is 12.8. The van der Waals surface area contributed by atoms with Crippen LogP contribution in [0.25, 0.3) is 0 Å². The van der Waals surface area contributed by atoms with E-state index >= 15 is 0 Å². The molecule has 18 heavy (non-hydrogen) atoms. The SMILES string of the molecule is O=Cc1cc(Br)c(C(O)C(=O)O)c2c1OCCO2. The van der Waals surface area contributed by atoms with Crippen LogP contribution in [0, 0.1) is 0 Å². The normalized spacial score (nSPS) is 15.0. The van der Waals surface area contributed by atoms with Crippen molar-refractivity contribution in [3.8, 4) is 11.5 Å². The third-order valence-electron chi connectivity index (χ3n) is 2.46. The fourth-order valence-corrected chi connectivity index (χ4v) is 2.33. The molecule has 0 spiro atoms. The topological polar surface area (TPSA) is 93.1 Å². The van der Waals surface area contributed by atoms with Gasteiger partial charge in [-0.05, 0) is 6.07 Å². The summed E-state index contributed by atoms with van der Waals surface area (Å²) in [5.74, 6) is -1.16. The second-order valence-corrected chi connectivity index (χ2v) is 4.43. The number of aliphatic hydroxyl groups excluding tert-OH is 1. The standard InChI is InChI=1S/C11H9BrO6/c12-6-3-5(4-13)9-10(18-2-1-17-9)7(6)8(14)11(15)16/h3-4,8,14H,1-2H2,(H,15,16). The predicted molar refractivity (Wildman–Crippen MR) is 63.1 cm³/mol. The van der Waals surface area contributed by atoms with Crippen molar-refractivity contribution in [3.63, 3.8) is 0 Å². The molecule has 1 aromatic carbocycles. The summed E-state index contributed by atoms with van der Waals surface area (Å²) in [6.07, 6.45) is -1.18. The Hall–Kier alpha value is -1.60. The Morgan fingerprint density at radius 2 is 2.00 bits per heavy atom. The summed E-state index contributed by atoms with van der Waals surface area (Å²) in [5.41, 5.74) is 0.278. The van der Waals surface area contributed by atoms with Gasteiger partial charge in [-0.25, -0.2) is 4.79 Å². The van der Waals surface area contributed by atoms with Crippen molar-refractivity contribution in [2.24, 2.45) is 0 Å². The quantitative estimate of drug-likeness (QED) is 0.813. The monoisotopic (exact) mass is 316 g/mol. The minimum Gasteiger partial charge on any atom is -0.486 e. The number of carboxylic acids is 1. The van der Waals surface area contributed by atoms with Crippen molar-refractivity contribution in [1.29, 1.82) is 0 Å². The number of aliphatic hydroxyl groups is 1. The number of carboxylic acid groups (broad SMARTS) is 1. The number of halogens is 1.